The summed E-state index contributed by atoms with van der Waals surface area (Å²) in [6.07, 6.45) is 7.50. The van der Waals surface area contributed by atoms with Crippen molar-refractivity contribution in [3.63, 3.8) is 0 Å². The number of nitrogens with zero attached hydrogens (tertiary/aromatic N) is 14. The lowest BCUT2D eigenvalue weighted by atomic mass is 10.0. The SMILES string of the molecule is C=[N+]([O-])c1c(C)nc(N[C@H]2c3cc(C)ccc3C[C@@H]2C)nc1N.CCc1c(C)nc(N[C@H]2c3cc(C)ccc3C[C@@H]2C)nc1N.Cc1ccc2c(c1)[C@H](Nc1nc(C)c(Br)c(N)n1)[C@@H](C)C2.Cc1ccc2c(c1)[C@H](Nc1nc(C)c(C#N)c(N)n1)[C@@H](C)C2.Cc1ccc2c(c1)[C@H](Nc1nc(C)c(Cl)c(N)n1)[C@@H](C)C2.Cc1ccc2c(c1)[C@H](Nc1nc(C)c(I)c(N)n1)[C@@H](C)C2.O=C=O. The largest absolute Gasteiger partial charge is 0.619 e. The predicted octanol–water partition coefficient (Wildman–Crippen LogP) is 19.8. The van der Waals surface area contributed by atoms with Crippen LogP contribution in [0.3, 0.4) is 0 Å². The molecular weight excluding hydrogens is 1870 g/mol. The minimum atomic E-state index is 0.137. The fourth-order valence-corrected chi connectivity index (χ4v) is 19.2. The van der Waals surface area contributed by atoms with Crippen molar-refractivity contribution in [1.82, 2.24) is 59.8 Å². The molecule has 0 amide bonds. The van der Waals surface area contributed by atoms with Gasteiger partial charge in [-0.15, -0.1) is 0 Å². The summed E-state index contributed by atoms with van der Waals surface area (Å²) < 4.78 is 2.14. The van der Waals surface area contributed by atoms with Crippen molar-refractivity contribution in [2.75, 3.05) is 66.3 Å². The number of nitrogen functional groups attached to an aromatic ring is 6. The van der Waals surface area contributed by atoms with E-state index in [0.29, 0.717) is 127 Å². The number of hydrogen-bond donors (Lipinski definition) is 12. The number of rotatable bonds is 14. The predicted molar refractivity (Wildman–Crippen MR) is 544 cm³/mol. The van der Waals surface area contributed by atoms with Gasteiger partial charge < -0.3 is 71.5 Å². The van der Waals surface area contributed by atoms with Crippen LogP contribution in [-0.4, -0.2) is 77.4 Å². The summed E-state index contributed by atoms with van der Waals surface area (Å²) in [5, 5.41) is 41.5. The number of carbonyl (C=O) groups excluding carboxylic acids is 2. The lowest BCUT2D eigenvalue weighted by molar-refractivity contribution is -0.350. The Morgan fingerprint density at radius 3 is 0.910 bits per heavy atom. The van der Waals surface area contributed by atoms with Gasteiger partial charge in [0.25, 0.3) is 5.69 Å². The Morgan fingerprint density at radius 1 is 0.391 bits per heavy atom. The Balaban J connectivity index is 0.000000143. The number of anilines is 12. The molecule has 133 heavy (non-hydrogen) atoms. The van der Waals surface area contributed by atoms with E-state index in [1.54, 1.807) is 13.8 Å². The van der Waals surface area contributed by atoms with Crippen LogP contribution in [0.2, 0.25) is 5.02 Å². The van der Waals surface area contributed by atoms with E-state index >= 15 is 0 Å². The minimum Gasteiger partial charge on any atom is -0.619 e. The fourth-order valence-electron chi connectivity index (χ4n) is 18.7. The molecule has 0 aliphatic heterocycles. The van der Waals surface area contributed by atoms with E-state index in [4.69, 9.17) is 60.9 Å². The van der Waals surface area contributed by atoms with E-state index in [0.717, 1.165) is 75.6 Å². The maximum atomic E-state index is 11.4. The molecule has 32 heteroatoms. The highest BCUT2D eigenvalue weighted by atomic mass is 127. The van der Waals surface area contributed by atoms with Gasteiger partial charge in [-0.1, -0.05) is 203 Å². The number of halogens is 3. The Bertz CT molecular complexity index is 6020. The first-order valence-corrected chi connectivity index (χ1v) is 47.0. The number of hydrogen-bond acceptors (Lipinski definition) is 28. The molecule has 6 aromatic carbocycles. The molecule has 0 spiro atoms. The molecule has 0 bridgehead atoms. The zero-order valence-electron chi connectivity index (χ0n) is 79.1. The van der Waals surface area contributed by atoms with Crippen LogP contribution in [0, 0.1) is 139 Å². The van der Waals surface area contributed by atoms with Gasteiger partial charge in [0.05, 0.1) is 67.1 Å². The first kappa shape index (κ1) is 99.3. The van der Waals surface area contributed by atoms with Crippen LogP contribution in [0.1, 0.15) is 230 Å². The van der Waals surface area contributed by atoms with Gasteiger partial charge in [-0.25, -0.2) is 29.9 Å². The molecule has 0 unspecified atom stereocenters. The van der Waals surface area contributed by atoms with Crippen LogP contribution < -0.4 is 66.3 Å². The van der Waals surface area contributed by atoms with Crippen molar-refractivity contribution in [2.24, 2.45) is 35.5 Å². The summed E-state index contributed by atoms with van der Waals surface area (Å²) in [6.45, 7) is 42.7. The molecule has 0 radical (unpaired) electrons. The standard InChI is InChI=1S/C18H24N4.C17H21N5O.C17H19N5.C16H19BrN4.C16H19ClN4.C16H19IN4.CO2/c1-5-14-12(4)20-18(22-17(14)19)21-16-11(3)9-13-7-6-10(2)8-15(13)16;1-9-5-6-12-8-10(2)14(13(12)7-9)20-17-19-11(3)15(22(4)23)16(18)21-17;1-9-4-5-12-7-10(2)15(13(12)6-9)21-17-20-11(3)14(8-18)16(19)22-17;3*1-8-4-5-11-7-9(2)14(12(11)6-8)20-16-19-10(3)13(17)15(18)21-16;2-1-3/h6-8,11,16H,5,9H2,1-4H3,(H3,19,20,21,22);5-7,10,14H,4,8H2,1-3H3,(H3,18,19,20,21);4-6,10,15H,7H2,1-3H3,(H3,19,20,21,22);3*4-6,9,14H,7H2,1-3H3,(H3,18,19,20,21);/t11-,16+;10-,14+;10-,15+;3*9-,14+;/m000000./s1. The highest BCUT2D eigenvalue weighted by Gasteiger charge is 2.37. The molecule has 6 aliphatic carbocycles. The molecule has 0 fully saturated rings. The zero-order chi connectivity index (χ0) is 96.6. The zero-order valence-corrected chi connectivity index (χ0v) is 83.6. The van der Waals surface area contributed by atoms with Gasteiger partial charge in [-0.2, -0.15) is 49.5 Å². The second kappa shape index (κ2) is 42.9. The van der Waals surface area contributed by atoms with E-state index in [1.165, 1.54) is 100 Å². The average Bonchev–Trinajstić information content (AvgIpc) is 1.66. The van der Waals surface area contributed by atoms with Crippen molar-refractivity contribution >= 4 is 139 Å². The van der Waals surface area contributed by atoms with E-state index in [9.17, 15) is 5.21 Å². The first-order chi connectivity index (χ1) is 63.1. The van der Waals surface area contributed by atoms with Crippen LogP contribution in [0.25, 0.3) is 0 Å². The van der Waals surface area contributed by atoms with Gasteiger partial charge in [0.15, 0.2) is 0 Å². The average molecular weight is 1990 g/mol. The molecule has 0 saturated carbocycles. The molecule has 29 nitrogen and oxygen atoms in total. The van der Waals surface area contributed by atoms with Gasteiger partial charge in [0.1, 0.15) is 58.2 Å². The van der Waals surface area contributed by atoms with E-state index < -0.39 is 0 Å². The Labute approximate surface area is 806 Å². The lowest BCUT2D eigenvalue weighted by Gasteiger charge is -2.20. The van der Waals surface area contributed by atoms with Gasteiger partial charge >= 0.3 is 6.15 Å². The van der Waals surface area contributed by atoms with Crippen LogP contribution in [0.15, 0.2) is 114 Å². The maximum Gasteiger partial charge on any atom is 0.373 e. The van der Waals surface area contributed by atoms with Crippen LogP contribution in [-0.2, 0) is 54.5 Å². The van der Waals surface area contributed by atoms with Gasteiger partial charge in [-0.05, 0) is 269 Å². The fraction of sp³-hybridized carbons (Fsp3) is 0.376. The molecule has 6 heterocycles. The van der Waals surface area contributed by atoms with Gasteiger partial charge in [0, 0.05) is 11.3 Å². The Kier molecular flexibility index (Phi) is 32.0. The summed E-state index contributed by atoms with van der Waals surface area (Å²) >= 11 is 11.6. The van der Waals surface area contributed by atoms with Crippen molar-refractivity contribution in [3.8, 4) is 6.07 Å². The normalized spacial score (nSPS) is 19.6. The van der Waals surface area contributed by atoms with Crippen molar-refractivity contribution in [1.29, 1.82) is 5.26 Å². The monoisotopic (exact) mass is 1990 g/mol. The van der Waals surface area contributed by atoms with Gasteiger partial charge in [-0.3, -0.25) is 0 Å². The molecule has 6 aromatic heterocycles. The number of nitriles is 1. The smallest absolute Gasteiger partial charge is 0.373 e. The molecule has 6 aliphatic rings. The summed E-state index contributed by atoms with van der Waals surface area (Å²) in [5.74, 6) is 8.55. The highest BCUT2D eigenvalue weighted by molar-refractivity contribution is 14.1. The third-order valence-corrected chi connectivity index (χ3v) is 28.3. The number of nitrogens with one attached hydrogen (secondary N) is 6. The molecular formula is C101H121BrClIN26O3. The first-order valence-electron chi connectivity index (χ1n) is 44.8. The molecule has 12 atom stereocenters. The number of nitrogens with two attached hydrogens (primary N) is 6. The topological polar surface area (TPSA) is 467 Å². The minimum absolute atomic E-state index is 0.137. The molecule has 18 rings (SSSR count). The Morgan fingerprint density at radius 2 is 0.647 bits per heavy atom. The third-order valence-electron chi connectivity index (χ3n) is 25.5. The van der Waals surface area contributed by atoms with Crippen molar-refractivity contribution < 1.29 is 14.3 Å². The third kappa shape index (κ3) is 23.3. The van der Waals surface area contributed by atoms with E-state index in [1.807, 2.05) is 33.8 Å². The van der Waals surface area contributed by atoms with Crippen LogP contribution in [0.5, 0.6) is 0 Å². The van der Waals surface area contributed by atoms with Crippen LogP contribution in [0.4, 0.5) is 76.3 Å². The number of aromatic nitrogens is 12. The summed E-state index contributed by atoms with van der Waals surface area (Å²) in [5.41, 5.74) is 65.6. The summed E-state index contributed by atoms with van der Waals surface area (Å²) in [4.78, 5) is 68.8. The van der Waals surface area contributed by atoms with Crippen molar-refractivity contribution in [2.45, 2.75) is 213 Å². The molecule has 694 valence electrons. The van der Waals surface area contributed by atoms with E-state index in [-0.39, 0.29) is 59.7 Å². The number of aryl methyl sites for hydroxylation is 12. The summed E-state index contributed by atoms with van der Waals surface area (Å²) in [6, 6.07) is 43.0. The van der Waals surface area contributed by atoms with Crippen molar-refractivity contribution in [3.05, 3.63) is 273 Å². The van der Waals surface area contributed by atoms with Gasteiger partial charge in [0.2, 0.25) is 41.5 Å². The number of fused-ring (bicyclic) bond motifs is 6. The second-order valence-electron chi connectivity index (χ2n) is 36.2. The lowest BCUT2D eigenvalue weighted by Crippen LogP contribution is -2.17. The number of benzene rings is 6. The second-order valence-corrected chi connectivity index (χ2v) is 38.5. The summed E-state index contributed by atoms with van der Waals surface area (Å²) in [7, 11) is 0. The quantitative estimate of drug-likeness (QED) is 0.0158. The van der Waals surface area contributed by atoms with Crippen LogP contribution >= 0.6 is 50.1 Å². The molecule has 18 N–H and O–H groups in total. The highest BCUT2D eigenvalue weighted by Crippen LogP contribution is 2.46. The molecule has 0 saturated heterocycles. The van der Waals surface area contributed by atoms with E-state index in [2.05, 4.69) is 336 Å². The Hall–Kier alpha value is -12.8. The maximum absolute atomic E-state index is 11.4. The molecule has 12 aromatic rings.